The molecule has 11 nitrogen and oxygen atoms in total. The van der Waals surface area contributed by atoms with Crippen LogP contribution >= 0.6 is 0 Å². The number of aromatic nitrogens is 2. The van der Waals surface area contributed by atoms with Crippen molar-refractivity contribution in [2.24, 2.45) is 0 Å². The molecular weight excluding hydrogens is 362 g/mol. The van der Waals surface area contributed by atoms with Gasteiger partial charge in [-0.3, -0.25) is 24.5 Å². The van der Waals surface area contributed by atoms with Crippen LogP contribution in [0.1, 0.15) is 18.2 Å². The van der Waals surface area contributed by atoms with E-state index in [4.69, 9.17) is 14.6 Å². The van der Waals surface area contributed by atoms with Gasteiger partial charge in [0.25, 0.3) is 11.2 Å². The molecular formula is C16H17N3O8. The Balaban J connectivity index is 1.77. The Morgan fingerprint density at radius 1 is 1.33 bits per heavy atom. The maximum absolute atomic E-state index is 12.0. The predicted molar refractivity (Wildman–Crippen MR) is 90.4 cm³/mol. The molecule has 27 heavy (non-hydrogen) atoms. The number of aliphatic hydroxyl groups excluding tert-OH is 2. The molecule has 0 spiro atoms. The molecule has 11 heteroatoms. The molecule has 1 aromatic heterocycles. The molecule has 3 unspecified atom stereocenters. The summed E-state index contributed by atoms with van der Waals surface area (Å²) < 4.78 is 12.0. The number of aromatic amines is 1. The first kappa shape index (κ1) is 18.8. The van der Waals surface area contributed by atoms with Crippen LogP contribution in [0.3, 0.4) is 0 Å². The van der Waals surface area contributed by atoms with Gasteiger partial charge in [0.1, 0.15) is 24.7 Å². The van der Waals surface area contributed by atoms with E-state index in [2.05, 4.69) is 4.98 Å². The maximum atomic E-state index is 12.0. The number of nitro benzene ring substituents is 1. The number of nitrogens with zero attached hydrogens (tertiary/aromatic N) is 2. The van der Waals surface area contributed by atoms with E-state index in [-0.39, 0.29) is 24.3 Å². The summed E-state index contributed by atoms with van der Waals surface area (Å²) in [5.74, 6) is 0.311. The van der Waals surface area contributed by atoms with Crippen molar-refractivity contribution in [1.29, 1.82) is 0 Å². The number of rotatable bonds is 6. The zero-order valence-corrected chi connectivity index (χ0v) is 14.0. The summed E-state index contributed by atoms with van der Waals surface area (Å²) in [7, 11) is 0. The molecule has 2 aromatic rings. The van der Waals surface area contributed by atoms with Crippen LogP contribution in [-0.4, -0.2) is 43.5 Å². The predicted octanol–water partition coefficient (Wildman–Crippen LogP) is -0.336. The fourth-order valence-corrected chi connectivity index (χ4v) is 2.72. The number of ether oxygens (including phenoxy) is 2. The quantitative estimate of drug-likeness (QED) is 0.455. The fourth-order valence-electron chi connectivity index (χ4n) is 2.72. The first-order chi connectivity index (χ1) is 12.9. The molecule has 2 heterocycles. The standard InChI is InChI=1S/C16H17N3O8/c20-7-13-12(21)5-14(27-13)18-6-9(15(22)17-16(18)23)8-26-11-3-1-10(2-4-11)19(24)25/h1-4,6,12-14,20-21H,5,7-8H2,(H,17,22,23). The fraction of sp³-hybridized carbons (Fsp3) is 0.375. The molecule has 144 valence electrons. The number of aliphatic hydroxyl groups is 2. The first-order valence-corrected chi connectivity index (χ1v) is 8.05. The molecule has 0 saturated carbocycles. The molecule has 1 fully saturated rings. The highest BCUT2D eigenvalue weighted by atomic mass is 16.6. The van der Waals surface area contributed by atoms with Crippen molar-refractivity contribution in [3.8, 4) is 5.75 Å². The third kappa shape index (κ3) is 4.05. The van der Waals surface area contributed by atoms with E-state index in [0.29, 0.717) is 5.75 Å². The number of H-pyrrole nitrogens is 1. The topological polar surface area (TPSA) is 157 Å². The Morgan fingerprint density at radius 3 is 2.63 bits per heavy atom. The minimum Gasteiger partial charge on any atom is -0.489 e. The van der Waals surface area contributed by atoms with Crippen molar-refractivity contribution in [2.75, 3.05) is 6.61 Å². The van der Waals surface area contributed by atoms with Crippen molar-refractivity contribution < 1.29 is 24.6 Å². The largest absolute Gasteiger partial charge is 0.489 e. The van der Waals surface area contributed by atoms with Gasteiger partial charge in [-0.2, -0.15) is 0 Å². The van der Waals surface area contributed by atoms with Crippen molar-refractivity contribution in [1.82, 2.24) is 9.55 Å². The normalized spacial score (nSPS) is 21.9. The summed E-state index contributed by atoms with van der Waals surface area (Å²) in [5, 5.41) is 29.6. The van der Waals surface area contributed by atoms with Crippen LogP contribution in [0.4, 0.5) is 5.69 Å². The second-order valence-corrected chi connectivity index (χ2v) is 5.98. The average molecular weight is 379 g/mol. The molecule has 3 rings (SSSR count). The molecule has 3 N–H and O–H groups in total. The maximum Gasteiger partial charge on any atom is 0.330 e. The van der Waals surface area contributed by atoms with Crippen molar-refractivity contribution >= 4 is 5.69 Å². The highest BCUT2D eigenvalue weighted by molar-refractivity contribution is 5.36. The molecule has 1 aliphatic heterocycles. The van der Waals surface area contributed by atoms with E-state index in [1.54, 1.807) is 0 Å². The van der Waals surface area contributed by atoms with E-state index in [1.807, 2.05) is 0 Å². The lowest BCUT2D eigenvalue weighted by molar-refractivity contribution is -0.384. The Morgan fingerprint density at radius 2 is 2.04 bits per heavy atom. The minimum absolute atomic E-state index is 0.0832. The zero-order chi connectivity index (χ0) is 19.6. The Bertz CT molecular complexity index is 936. The SMILES string of the molecule is O=c1[nH]c(=O)n(C2CC(O)C(CO)O2)cc1COc1ccc([N+](=O)[O-])cc1. The van der Waals surface area contributed by atoms with Gasteiger partial charge in [0.05, 0.1) is 23.2 Å². The minimum atomic E-state index is -0.932. The van der Waals surface area contributed by atoms with Gasteiger partial charge in [0, 0.05) is 24.8 Å². The van der Waals surface area contributed by atoms with Crippen LogP contribution in [0.2, 0.25) is 0 Å². The zero-order valence-electron chi connectivity index (χ0n) is 14.0. The lowest BCUT2D eigenvalue weighted by atomic mass is 10.2. The van der Waals surface area contributed by atoms with Crippen molar-refractivity contribution in [2.45, 2.75) is 31.5 Å². The monoisotopic (exact) mass is 379 g/mol. The highest BCUT2D eigenvalue weighted by Crippen LogP contribution is 2.27. The average Bonchev–Trinajstić information content (AvgIpc) is 3.02. The number of hydrogen-bond donors (Lipinski definition) is 3. The number of hydrogen-bond acceptors (Lipinski definition) is 8. The van der Waals surface area contributed by atoms with E-state index in [0.717, 1.165) is 4.57 Å². The first-order valence-electron chi connectivity index (χ1n) is 8.05. The van der Waals surface area contributed by atoms with E-state index >= 15 is 0 Å². The van der Waals surface area contributed by atoms with E-state index < -0.39 is 41.2 Å². The number of non-ortho nitro benzene ring substituents is 1. The van der Waals surface area contributed by atoms with Crippen LogP contribution in [0.25, 0.3) is 0 Å². The number of benzene rings is 1. The summed E-state index contributed by atoms with van der Waals surface area (Å²) in [5.41, 5.74) is -1.33. The molecule has 1 saturated heterocycles. The number of nitro groups is 1. The lowest BCUT2D eigenvalue weighted by Crippen LogP contribution is -2.34. The molecule has 0 amide bonds. The second-order valence-electron chi connectivity index (χ2n) is 5.98. The van der Waals surface area contributed by atoms with E-state index in [1.165, 1.54) is 30.5 Å². The summed E-state index contributed by atoms with van der Waals surface area (Å²) in [6, 6.07) is 5.32. The smallest absolute Gasteiger partial charge is 0.330 e. The highest BCUT2D eigenvalue weighted by Gasteiger charge is 2.35. The van der Waals surface area contributed by atoms with Crippen LogP contribution in [-0.2, 0) is 11.3 Å². The summed E-state index contributed by atoms with van der Waals surface area (Å²) in [4.78, 5) is 36.3. The Hall–Kier alpha value is -3.02. The van der Waals surface area contributed by atoms with Gasteiger partial charge in [-0.15, -0.1) is 0 Å². The van der Waals surface area contributed by atoms with Gasteiger partial charge in [0.2, 0.25) is 0 Å². The molecule has 0 aliphatic carbocycles. The lowest BCUT2D eigenvalue weighted by Gasteiger charge is -2.15. The van der Waals surface area contributed by atoms with Gasteiger partial charge < -0.3 is 19.7 Å². The second kappa shape index (κ2) is 7.70. The third-order valence-corrected chi connectivity index (χ3v) is 4.18. The molecule has 1 aliphatic rings. The molecule has 0 radical (unpaired) electrons. The van der Waals surface area contributed by atoms with Gasteiger partial charge in [-0.1, -0.05) is 0 Å². The van der Waals surface area contributed by atoms with Crippen LogP contribution < -0.4 is 16.0 Å². The molecule has 3 atom stereocenters. The summed E-state index contributed by atoms with van der Waals surface area (Å²) >= 11 is 0. The summed E-state index contributed by atoms with van der Waals surface area (Å²) in [6.45, 7) is -0.585. The van der Waals surface area contributed by atoms with E-state index in [9.17, 15) is 24.8 Å². The van der Waals surface area contributed by atoms with Gasteiger partial charge in [-0.25, -0.2) is 4.79 Å². The molecule has 1 aromatic carbocycles. The summed E-state index contributed by atoms with van der Waals surface area (Å²) in [6.07, 6.45) is -1.23. The van der Waals surface area contributed by atoms with Gasteiger partial charge in [0.15, 0.2) is 0 Å². The van der Waals surface area contributed by atoms with Gasteiger partial charge in [-0.05, 0) is 12.1 Å². The molecule has 0 bridgehead atoms. The van der Waals surface area contributed by atoms with Crippen molar-refractivity contribution in [3.05, 3.63) is 67.0 Å². The van der Waals surface area contributed by atoms with Crippen LogP contribution in [0, 0.1) is 10.1 Å². The van der Waals surface area contributed by atoms with Crippen LogP contribution in [0.15, 0.2) is 40.1 Å². The Kier molecular flexibility index (Phi) is 5.35. The third-order valence-electron chi connectivity index (χ3n) is 4.18. The van der Waals surface area contributed by atoms with Gasteiger partial charge >= 0.3 is 5.69 Å². The number of nitrogens with one attached hydrogen (secondary N) is 1. The van der Waals surface area contributed by atoms with Crippen LogP contribution in [0.5, 0.6) is 5.75 Å². The van der Waals surface area contributed by atoms with Crippen molar-refractivity contribution in [3.63, 3.8) is 0 Å². The Labute approximate surface area is 151 Å².